The van der Waals surface area contributed by atoms with Crippen LogP contribution in [0.25, 0.3) is 0 Å². The minimum Gasteiger partial charge on any atom is -0.544 e. The molecule has 0 aliphatic carbocycles. The maximum atomic E-state index is 12.9. The number of unbranched alkanes of at least 4 members (excludes halogenated alkanes) is 1. The first-order valence-electron chi connectivity index (χ1n) is 5.90. The third-order valence-corrected chi connectivity index (χ3v) is 4.99. The lowest BCUT2D eigenvalue weighted by Crippen LogP contribution is -2.34. The standard InChI is InChI=1S/C13H21FOSi/c1-5-6-9-16(3,4)15-13-8-7-12(14)10-11(13)2/h7-8,10H,5-6,9H2,1-4H3. The van der Waals surface area contributed by atoms with E-state index < -0.39 is 8.32 Å². The number of halogens is 1. The van der Waals surface area contributed by atoms with E-state index in [1.54, 1.807) is 6.07 Å². The Morgan fingerprint density at radius 1 is 1.31 bits per heavy atom. The fraction of sp³-hybridized carbons (Fsp3) is 0.538. The molecule has 0 aromatic heterocycles. The first kappa shape index (κ1) is 13.2. The summed E-state index contributed by atoms with van der Waals surface area (Å²) >= 11 is 0. The summed E-state index contributed by atoms with van der Waals surface area (Å²) < 4.78 is 19.0. The topological polar surface area (TPSA) is 9.23 Å². The van der Waals surface area contributed by atoms with Gasteiger partial charge in [-0.2, -0.15) is 0 Å². The van der Waals surface area contributed by atoms with Crippen molar-refractivity contribution in [3.8, 4) is 5.75 Å². The minimum absolute atomic E-state index is 0.196. The van der Waals surface area contributed by atoms with E-state index in [0.29, 0.717) is 0 Å². The highest BCUT2D eigenvalue weighted by Gasteiger charge is 2.24. The molecule has 0 spiro atoms. The Labute approximate surface area is 98.8 Å². The molecule has 0 N–H and O–H groups in total. The van der Waals surface area contributed by atoms with Gasteiger partial charge in [0.2, 0.25) is 8.32 Å². The van der Waals surface area contributed by atoms with Crippen LogP contribution in [0.4, 0.5) is 4.39 Å². The fourth-order valence-electron chi connectivity index (χ4n) is 1.68. The van der Waals surface area contributed by atoms with Crippen LogP contribution in [0, 0.1) is 12.7 Å². The number of rotatable bonds is 5. The van der Waals surface area contributed by atoms with Crippen LogP contribution in [-0.2, 0) is 0 Å². The monoisotopic (exact) mass is 240 g/mol. The third kappa shape index (κ3) is 3.97. The molecule has 90 valence electrons. The predicted molar refractivity (Wildman–Crippen MR) is 69.0 cm³/mol. The van der Waals surface area contributed by atoms with Crippen molar-refractivity contribution in [2.75, 3.05) is 0 Å². The second kappa shape index (κ2) is 5.48. The Morgan fingerprint density at radius 3 is 2.56 bits per heavy atom. The summed E-state index contributed by atoms with van der Waals surface area (Å²) in [5.41, 5.74) is 0.886. The van der Waals surface area contributed by atoms with Crippen molar-refractivity contribution in [1.82, 2.24) is 0 Å². The number of aryl methyl sites for hydroxylation is 1. The summed E-state index contributed by atoms with van der Waals surface area (Å²) in [6, 6.07) is 5.89. The maximum Gasteiger partial charge on any atom is 0.245 e. The molecular weight excluding hydrogens is 219 g/mol. The van der Waals surface area contributed by atoms with Gasteiger partial charge >= 0.3 is 0 Å². The van der Waals surface area contributed by atoms with Gasteiger partial charge in [-0.15, -0.1) is 0 Å². The fourth-order valence-corrected chi connectivity index (χ4v) is 3.81. The molecule has 1 rings (SSSR count). The van der Waals surface area contributed by atoms with Crippen LogP contribution < -0.4 is 4.43 Å². The van der Waals surface area contributed by atoms with E-state index in [-0.39, 0.29) is 5.82 Å². The van der Waals surface area contributed by atoms with Crippen LogP contribution in [0.1, 0.15) is 25.3 Å². The predicted octanol–water partition coefficient (Wildman–Crippen LogP) is 4.52. The smallest absolute Gasteiger partial charge is 0.245 e. The lowest BCUT2D eigenvalue weighted by Gasteiger charge is -2.25. The van der Waals surface area contributed by atoms with Gasteiger partial charge in [0, 0.05) is 0 Å². The number of hydrogen-bond acceptors (Lipinski definition) is 1. The molecule has 0 aliphatic heterocycles. The van der Waals surface area contributed by atoms with Gasteiger partial charge in [-0.25, -0.2) is 4.39 Å². The van der Waals surface area contributed by atoms with Crippen LogP contribution >= 0.6 is 0 Å². The summed E-state index contributed by atoms with van der Waals surface area (Å²) in [6.07, 6.45) is 2.40. The summed E-state index contributed by atoms with van der Waals surface area (Å²) in [5, 5.41) is 0. The van der Waals surface area contributed by atoms with Gasteiger partial charge in [0.25, 0.3) is 0 Å². The van der Waals surface area contributed by atoms with Gasteiger partial charge in [-0.1, -0.05) is 19.8 Å². The normalized spacial score (nSPS) is 11.6. The van der Waals surface area contributed by atoms with Crippen molar-refractivity contribution in [1.29, 1.82) is 0 Å². The Kier molecular flexibility index (Phi) is 4.53. The number of hydrogen-bond donors (Lipinski definition) is 0. The lowest BCUT2D eigenvalue weighted by atomic mass is 10.2. The first-order valence-corrected chi connectivity index (χ1v) is 9.01. The summed E-state index contributed by atoms with van der Waals surface area (Å²) in [6.45, 7) is 8.51. The van der Waals surface area contributed by atoms with Gasteiger partial charge in [0.15, 0.2) is 0 Å². The molecule has 0 heterocycles. The van der Waals surface area contributed by atoms with Crippen molar-refractivity contribution in [2.24, 2.45) is 0 Å². The molecule has 0 amide bonds. The second-order valence-electron chi connectivity index (χ2n) is 4.88. The molecule has 0 fully saturated rings. The maximum absolute atomic E-state index is 12.9. The quantitative estimate of drug-likeness (QED) is 0.688. The molecule has 3 heteroatoms. The zero-order valence-corrected chi connectivity index (χ0v) is 11.6. The first-order chi connectivity index (χ1) is 7.44. The molecule has 0 radical (unpaired) electrons. The number of benzene rings is 1. The van der Waals surface area contributed by atoms with E-state index in [0.717, 1.165) is 17.4 Å². The van der Waals surface area contributed by atoms with Crippen molar-refractivity contribution in [3.63, 3.8) is 0 Å². The average molecular weight is 240 g/mol. The van der Waals surface area contributed by atoms with E-state index in [2.05, 4.69) is 20.0 Å². The van der Waals surface area contributed by atoms with Crippen LogP contribution in [-0.4, -0.2) is 8.32 Å². The van der Waals surface area contributed by atoms with Crippen LogP contribution in [0.2, 0.25) is 19.1 Å². The average Bonchev–Trinajstić information content (AvgIpc) is 2.19. The molecule has 1 aromatic carbocycles. The van der Waals surface area contributed by atoms with Gasteiger partial charge in [-0.3, -0.25) is 0 Å². The molecular formula is C13H21FOSi. The van der Waals surface area contributed by atoms with E-state index in [9.17, 15) is 4.39 Å². The Balaban J connectivity index is 2.71. The SMILES string of the molecule is CCCC[Si](C)(C)Oc1ccc(F)cc1C. The van der Waals surface area contributed by atoms with Gasteiger partial charge < -0.3 is 4.43 Å². The van der Waals surface area contributed by atoms with Crippen LogP contribution in [0.3, 0.4) is 0 Å². The van der Waals surface area contributed by atoms with Gasteiger partial charge in [0.05, 0.1) is 0 Å². The van der Waals surface area contributed by atoms with E-state index in [1.807, 2.05) is 6.92 Å². The van der Waals surface area contributed by atoms with Crippen LogP contribution in [0.5, 0.6) is 5.75 Å². The van der Waals surface area contributed by atoms with E-state index in [1.165, 1.54) is 25.0 Å². The van der Waals surface area contributed by atoms with E-state index >= 15 is 0 Å². The van der Waals surface area contributed by atoms with Gasteiger partial charge in [-0.05, 0) is 49.8 Å². The Bertz CT molecular complexity index is 350. The zero-order valence-electron chi connectivity index (χ0n) is 10.6. The lowest BCUT2D eigenvalue weighted by molar-refractivity contribution is 0.533. The Hall–Kier alpha value is -0.833. The molecule has 0 bridgehead atoms. The zero-order chi connectivity index (χ0) is 12.2. The van der Waals surface area contributed by atoms with Crippen molar-refractivity contribution in [2.45, 2.75) is 45.8 Å². The highest BCUT2D eigenvalue weighted by molar-refractivity contribution is 6.71. The second-order valence-corrected chi connectivity index (χ2v) is 9.10. The summed E-state index contributed by atoms with van der Waals surface area (Å²) in [7, 11) is -1.64. The largest absolute Gasteiger partial charge is 0.544 e. The molecule has 0 saturated carbocycles. The van der Waals surface area contributed by atoms with Crippen molar-refractivity contribution >= 4 is 8.32 Å². The molecule has 0 saturated heterocycles. The highest BCUT2D eigenvalue weighted by Crippen LogP contribution is 2.24. The Morgan fingerprint density at radius 2 is 2.00 bits per heavy atom. The summed E-state index contributed by atoms with van der Waals surface area (Å²) in [4.78, 5) is 0. The van der Waals surface area contributed by atoms with Crippen LogP contribution in [0.15, 0.2) is 18.2 Å². The highest BCUT2D eigenvalue weighted by atomic mass is 28.4. The molecule has 0 unspecified atom stereocenters. The van der Waals surface area contributed by atoms with Crippen molar-refractivity contribution in [3.05, 3.63) is 29.6 Å². The third-order valence-electron chi connectivity index (χ3n) is 2.66. The van der Waals surface area contributed by atoms with E-state index in [4.69, 9.17) is 4.43 Å². The molecule has 0 aliphatic rings. The molecule has 16 heavy (non-hydrogen) atoms. The summed E-state index contributed by atoms with van der Waals surface area (Å²) in [5.74, 6) is 0.645. The van der Waals surface area contributed by atoms with Crippen molar-refractivity contribution < 1.29 is 8.82 Å². The molecule has 0 atom stereocenters. The molecule has 1 aromatic rings. The minimum atomic E-state index is -1.64. The van der Waals surface area contributed by atoms with Gasteiger partial charge in [0.1, 0.15) is 11.6 Å². The molecule has 1 nitrogen and oxygen atoms in total.